The Hall–Kier alpha value is -3.16. The van der Waals surface area contributed by atoms with E-state index in [4.69, 9.17) is 14.2 Å². The summed E-state index contributed by atoms with van der Waals surface area (Å²) in [6, 6.07) is -1.07. The van der Waals surface area contributed by atoms with E-state index in [-0.39, 0.29) is 19.4 Å². The predicted molar refractivity (Wildman–Crippen MR) is 347 cm³/mol. The lowest BCUT2D eigenvalue weighted by molar-refractivity contribution is -0.305. The van der Waals surface area contributed by atoms with Crippen molar-refractivity contribution in [3.05, 3.63) is 85.1 Å². The third-order valence-electron chi connectivity index (χ3n) is 15.8. The average molecular weight is 1170 g/mol. The normalized spacial score (nSPS) is 19.1. The molecular weight excluding hydrogens is 1040 g/mol. The van der Waals surface area contributed by atoms with Gasteiger partial charge in [-0.15, -0.1) is 0 Å². The Kier molecular flexibility index (Phi) is 55.5. The van der Waals surface area contributed by atoms with Crippen molar-refractivity contribution in [1.82, 2.24) is 5.32 Å². The first-order valence-electron chi connectivity index (χ1n) is 34.4. The number of aliphatic hydroxyl groups excluding tert-OH is 5. The van der Waals surface area contributed by atoms with Gasteiger partial charge in [0, 0.05) is 12.8 Å². The monoisotopic (exact) mass is 1170 g/mol. The number of hydrogen-bond acceptors (Lipinski definition) is 10. The summed E-state index contributed by atoms with van der Waals surface area (Å²) in [5.74, 6) is -1.28. The molecule has 11 heteroatoms. The second-order valence-electron chi connectivity index (χ2n) is 23.5. The molecule has 11 nitrogen and oxygen atoms in total. The molecule has 0 bridgehead atoms. The lowest BCUT2D eigenvalue weighted by Crippen LogP contribution is -2.61. The van der Waals surface area contributed by atoms with Crippen LogP contribution in [0.25, 0.3) is 0 Å². The fourth-order valence-corrected chi connectivity index (χ4v) is 10.4. The van der Waals surface area contributed by atoms with Gasteiger partial charge >= 0.3 is 5.97 Å². The van der Waals surface area contributed by atoms with E-state index in [1.54, 1.807) is 12.2 Å². The number of nitrogens with one attached hydrogen (secondary N) is 1. The van der Waals surface area contributed by atoms with Crippen LogP contribution in [0.15, 0.2) is 85.1 Å². The molecule has 1 aliphatic rings. The first kappa shape index (κ1) is 77.9. The molecule has 0 radical (unpaired) electrons. The van der Waals surface area contributed by atoms with Crippen molar-refractivity contribution in [1.29, 1.82) is 0 Å². The average Bonchev–Trinajstić information content (AvgIpc) is 3.64. The summed E-state index contributed by atoms with van der Waals surface area (Å²) >= 11 is 0. The molecule has 8 atom stereocenters. The van der Waals surface area contributed by atoms with Crippen molar-refractivity contribution in [2.75, 3.05) is 13.2 Å². The molecule has 480 valence electrons. The van der Waals surface area contributed by atoms with Gasteiger partial charge in [-0.1, -0.05) is 311 Å². The number of unbranched alkanes of at least 4 members (excludes halogenated alkanes) is 33. The number of hydrogen-bond donors (Lipinski definition) is 6. The number of allylic oxidation sites excluding steroid dienone is 12. The number of rotatable bonds is 58. The van der Waals surface area contributed by atoms with Crippen LogP contribution in [0, 0.1) is 0 Å². The van der Waals surface area contributed by atoms with E-state index in [9.17, 15) is 35.1 Å². The zero-order valence-electron chi connectivity index (χ0n) is 53.3. The van der Waals surface area contributed by atoms with Gasteiger partial charge in [-0.05, 0) is 57.8 Å². The van der Waals surface area contributed by atoms with E-state index in [1.807, 2.05) is 18.2 Å². The molecule has 0 aliphatic carbocycles. The summed E-state index contributed by atoms with van der Waals surface area (Å²) in [6.07, 6.45) is 68.0. The Labute approximate surface area is 508 Å². The minimum atomic E-state index is -1.63. The van der Waals surface area contributed by atoms with Crippen LogP contribution in [0.1, 0.15) is 297 Å². The van der Waals surface area contributed by atoms with Crippen LogP contribution in [0.2, 0.25) is 0 Å². The van der Waals surface area contributed by atoms with Crippen molar-refractivity contribution < 1.29 is 49.3 Å². The van der Waals surface area contributed by atoms with E-state index in [2.05, 4.69) is 80.8 Å². The van der Waals surface area contributed by atoms with E-state index in [0.717, 1.165) is 77.0 Å². The molecule has 0 spiro atoms. The standard InChI is InChI=1S/C72H127NO10/c1-4-7-10-13-16-19-22-24-26-28-30-31-32-33-34-35-36-38-40-42-45-48-51-54-57-60-67(77)83-70-69(79)68(78)66(61-74)82-72(70)81-62-63(64(75)58-55-52-49-46-43-21-18-15-12-9-6-3)73-71(80)65(76)59-56-53-50-47-44-41-39-37-29-27-25-23-20-17-14-11-8-5-2/h8,11,17,20,25,27,37,39,44,47,53,55-56,58,63-66,68-70,72,74-76,78-79H,4-7,9-10,12-16,18-19,21-24,26,28-36,38,40-43,45-46,48-52,54,57,59-62H2,1-3H3,(H,73,80)/b11-8-,20-17-,27-25-,39-37-,47-44-,56-53-,58-55+. The summed E-state index contributed by atoms with van der Waals surface area (Å²) in [4.78, 5) is 26.6. The predicted octanol–water partition coefficient (Wildman–Crippen LogP) is 17.3. The molecule has 0 aromatic carbocycles. The maximum Gasteiger partial charge on any atom is 0.306 e. The topological polar surface area (TPSA) is 175 Å². The van der Waals surface area contributed by atoms with Gasteiger partial charge in [0.2, 0.25) is 5.91 Å². The second kappa shape index (κ2) is 59.2. The van der Waals surface area contributed by atoms with Crippen LogP contribution in [0.5, 0.6) is 0 Å². The Morgan fingerprint density at radius 3 is 1.25 bits per heavy atom. The molecule has 8 unspecified atom stereocenters. The minimum absolute atomic E-state index is 0.0559. The lowest BCUT2D eigenvalue weighted by Gasteiger charge is -2.41. The number of ether oxygens (including phenoxy) is 3. The highest BCUT2D eigenvalue weighted by atomic mass is 16.7. The van der Waals surface area contributed by atoms with E-state index in [0.29, 0.717) is 12.8 Å². The molecule has 6 N–H and O–H groups in total. The van der Waals surface area contributed by atoms with Gasteiger partial charge in [-0.25, -0.2) is 0 Å². The highest BCUT2D eigenvalue weighted by Crippen LogP contribution is 2.26. The summed E-state index contributed by atoms with van der Waals surface area (Å²) in [5, 5.41) is 57.0. The third-order valence-corrected chi connectivity index (χ3v) is 15.8. The van der Waals surface area contributed by atoms with Crippen LogP contribution >= 0.6 is 0 Å². The maximum absolute atomic E-state index is 13.4. The van der Waals surface area contributed by atoms with Crippen molar-refractivity contribution in [3.8, 4) is 0 Å². The molecule has 1 aliphatic heterocycles. The largest absolute Gasteiger partial charge is 0.454 e. The highest BCUT2D eigenvalue weighted by molar-refractivity contribution is 5.81. The molecular formula is C72H127NO10. The molecule has 0 aromatic heterocycles. The van der Waals surface area contributed by atoms with Crippen LogP contribution in [-0.2, 0) is 23.8 Å². The maximum atomic E-state index is 13.4. The van der Waals surface area contributed by atoms with E-state index >= 15 is 0 Å². The smallest absolute Gasteiger partial charge is 0.306 e. The van der Waals surface area contributed by atoms with Gasteiger partial charge in [-0.2, -0.15) is 0 Å². The van der Waals surface area contributed by atoms with Gasteiger partial charge in [0.25, 0.3) is 0 Å². The van der Waals surface area contributed by atoms with Gasteiger partial charge in [-0.3, -0.25) is 9.59 Å². The minimum Gasteiger partial charge on any atom is -0.454 e. The molecule has 83 heavy (non-hydrogen) atoms. The number of carbonyl (C=O) groups excluding carboxylic acids is 2. The van der Waals surface area contributed by atoms with Crippen molar-refractivity contribution in [3.63, 3.8) is 0 Å². The van der Waals surface area contributed by atoms with Crippen molar-refractivity contribution >= 4 is 11.9 Å². The number of carbonyl (C=O) groups is 2. The van der Waals surface area contributed by atoms with Crippen molar-refractivity contribution in [2.24, 2.45) is 0 Å². The first-order valence-corrected chi connectivity index (χ1v) is 34.4. The van der Waals surface area contributed by atoms with E-state index in [1.165, 1.54) is 173 Å². The van der Waals surface area contributed by atoms with Crippen molar-refractivity contribution in [2.45, 2.75) is 346 Å². The van der Waals surface area contributed by atoms with Crippen LogP contribution in [0.4, 0.5) is 0 Å². The molecule has 0 aromatic rings. The molecule has 1 amide bonds. The Morgan fingerprint density at radius 2 is 0.855 bits per heavy atom. The molecule has 1 saturated heterocycles. The number of aliphatic hydroxyl groups is 5. The second-order valence-corrected chi connectivity index (χ2v) is 23.5. The third kappa shape index (κ3) is 46.7. The summed E-state index contributed by atoms with van der Waals surface area (Å²) in [6.45, 7) is 5.65. The van der Waals surface area contributed by atoms with Gasteiger partial charge in [0.15, 0.2) is 12.4 Å². The highest BCUT2D eigenvalue weighted by Gasteiger charge is 2.47. The molecule has 1 heterocycles. The molecule has 1 fully saturated rings. The van der Waals surface area contributed by atoms with Crippen LogP contribution < -0.4 is 5.32 Å². The Bertz CT molecular complexity index is 1670. The SMILES string of the molecule is CC/C=C\C/C=C\C/C=C\C/C=C\C/C=C\C/C=C\CC(O)C(=O)NC(COC1OC(CO)C(O)C(O)C1OC(=O)CCCCCCCCCCCCCCCCCCCCCCCCCCC)C(O)/C=C/CCCCCCCCCCC. The van der Waals surface area contributed by atoms with E-state index < -0.39 is 67.4 Å². The zero-order valence-corrected chi connectivity index (χ0v) is 53.3. The molecule has 1 rings (SSSR count). The zero-order chi connectivity index (χ0) is 60.3. The number of esters is 1. The Morgan fingerprint density at radius 1 is 0.482 bits per heavy atom. The summed E-state index contributed by atoms with van der Waals surface area (Å²) in [7, 11) is 0. The Balaban J connectivity index is 2.60. The fraction of sp³-hybridized carbons (Fsp3) is 0.778. The van der Waals surface area contributed by atoms with Crippen LogP contribution in [0.3, 0.4) is 0 Å². The first-order chi connectivity index (χ1) is 40.7. The molecule has 0 saturated carbocycles. The summed E-state index contributed by atoms with van der Waals surface area (Å²) < 4.78 is 17.6. The number of amides is 1. The quantitative estimate of drug-likeness (QED) is 0.0195. The lowest BCUT2D eigenvalue weighted by atomic mass is 9.99. The van der Waals surface area contributed by atoms with Gasteiger partial charge < -0.3 is 45.1 Å². The van der Waals surface area contributed by atoms with Crippen LogP contribution in [-0.4, -0.2) is 99.6 Å². The summed E-state index contributed by atoms with van der Waals surface area (Å²) in [5.41, 5.74) is 0. The van der Waals surface area contributed by atoms with Gasteiger partial charge in [0.05, 0.1) is 25.4 Å². The van der Waals surface area contributed by atoms with Gasteiger partial charge in [0.1, 0.15) is 24.4 Å². The fourth-order valence-electron chi connectivity index (χ4n) is 10.4.